The van der Waals surface area contributed by atoms with Crippen LogP contribution in [0, 0.1) is 5.21 Å². The van der Waals surface area contributed by atoms with Crippen molar-refractivity contribution in [2.24, 2.45) is 0 Å². The van der Waals surface area contributed by atoms with Gasteiger partial charge in [-0.3, -0.25) is 0 Å². The summed E-state index contributed by atoms with van der Waals surface area (Å²) in [5.74, 6) is 0. The summed E-state index contributed by atoms with van der Waals surface area (Å²) in [4.78, 5) is 0. The number of unbranched alkanes of at least 4 members (excludes halogenated alkanes) is 1. The average molecular weight is 131 g/mol. The number of hydroxylamine groups is 1. The Bertz CT molecular complexity index is 91.1. The van der Waals surface area contributed by atoms with Gasteiger partial charge in [-0.15, -0.1) is 0 Å². The summed E-state index contributed by atoms with van der Waals surface area (Å²) in [6.45, 7) is 2.13. The maximum absolute atomic E-state index is 10.5. The van der Waals surface area contributed by atoms with Crippen LogP contribution in [0.3, 0.4) is 0 Å². The number of hydrogen-bond donors (Lipinski definition) is 1. The van der Waals surface area contributed by atoms with E-state index in [4.69, 9.17) is 5.11 Å². The van der Waals surface area contributed by atoms with Crippen molar-refractivity contribution < 1.29 is 9.85 Å². The Kier molecular flexibility index (Phi) is 5.21. The third kappa shape index (κ3) is 5.30. The smallest absolute Gasteiger partial charge is 0.175 e. The molecular formula is C6H13NO2. The van der Waals surface area contributed by atoms with Crippen LogP contribution in [0.2, 0.25) is 0 Å². The second kappa shape index (κ2) is 5.56. The predicted molar refractivity (Wildman–Crippen MR) is 36.6 cm³/mol. The molecule has 0 aromatic carbocycles. The molecule has 0 bridgehead atoms. The third-order valence-electron chi connectivity index (χ3n) is 0.942. The van der Waals surface area contributed by atoms with Gasteiger partial charge in [0.05, 0.1) is 0 Å². The Balaban J connectivity index is 3.30. The van der Waals surface area contributed by atoms with Gasteiger partial charge in [-0.2, -0.15) is 0 Å². The van der Waals surface area contributed by atoms with Crippen molar-refractivity contribution in [1.29, 1.82) is 0 Å². The van der Waals surface area contributed by atoms with Crippen LogP contribution in [0.1, 0.15) is 19.8 Å². The molecule has 0 aromatic heterocycles. The number of hydrogen-bond acceptors (Lipinski definition) is 2. The zero-order valence-electron chi connectivity index (χ0n) is 5.71. The predicted octanol–water partition coefficient (Wildman–Crippen LogP) is 0.360. The van der Waals surface area contributed by atoms with Crippen molar-refractivity contribution in [3.63, 3.8) is 0 Å². The molecule has 0 rings (SSSR count). The fourth-order valence-electron chi connectivity index (χ4n) is 0.463. The first-order chi connectivity index (χ1) is 4.31. The standard InChI is InChI=1S/C6H13NO2/c1-2-3-4-7(9)5-6-8/h4,8H,2-3,5-6H2,1H3. The molecule has 0 aliphatic heterocycles. The monoisotopic (exact) mass is 131 g/mol. The molecule has 0 fully saturated rings. The van der Waals surface area contributed by atoms with Gasteiger partial charge in [0.1, 0.15) is 6.61 Å². The van der Waals surface area contributed by atoms with Crippen molar-refractivity contribution in [1.82, 2.24) is 0 Å². The van der Waals surface area contributed by atoms with Gasteiger partial charge >= 0.3 is 0 Å². The summed E-state index contributed by atoms with van der Waals surface area (Å²) >= 11 is 0. The molecule has 0 amide bonds. The highest BCUT2D eigenvalue weighted by Gasteiger charge is 1.87. The lowest BCUT2D eigenvalue weighted by Crippen LogP contribution is -2.09. The first kappa shape index (κ1) is 8.43. The molecule has 3 nitrogen and oxygen atoms in total. The van der Waals surface area contributed by atoms with Gasteiger partial charge in [0.2, 0.25) is 0 Å². The minimum atomic E-state index is -0.0658. The van der Waals surface area contributed by atoms with Gasteiger partial charge in [-0.05, 0) is 6.42 Å². The topological polar surface area (TPSA) is 46.3 Å². The zero-order valence-corrected chi connectivity index (χ0v) is 5.71. The highest BCUT2D eigenvalue weighted by atomic mass is 16.5. The molecule has 0 spiro atoms. The fourth-order valence-corrected chi connectivity index (χ4v) is 0.463. The van der Waals surface area contributed by atoms with Crippen LogP contribution in [-0.4, -0.2) is 29.2 Å². The molecular weight excluding hydrogens is 118 g/mol. The molecule has 0 atom stereocenters. The van der Waals surface area contributed by atoms with Crippen molar-refractivity contribution in [3.8, 4) is 0 Å². The minimum absolute atomic E-state index is 0.0658. The number of nitrogens with zero attached hydrogens (tertiary/aromatic N) is 1. The number of rotatable bonds is 4. The molecule has 54 valence electrons. The van der Waals surface area contributed by atoms with E-state index >= 15 is 0 Å². The van der Waals surface area contributed by atoms with Gasteiger partial charge in [0, 0.05) is 6.42 Å². The molecule has 0 aromatic rings. The van der Waals surface area contributed by atoms with Crippen LogP contribution < -0.4 is 0 Å². The van der Waals surface area contributed by atoms with Crippen LogP contribution in [0.25, 0.3) is 0 Å². The molecule has 0 unspecified atom stereocenters. The second-order valence-electron chi connectivity index (χ2n) is 1.84. The highest BCUT2D eigenvalue weighted by Crippen LogP contribution is 1.80. The molecule has 0 heterocycles. The molecule has 0 aliphatic carbocycles. The maximum atomic E-state index is 10.5. The number of aliphatic hydroxyl groups is 1. The SMILES string of the molecule is CCCC=[N+]([O-])CCO. The van der Waals surface area contributed by atoms with E-state index in [1.165, 1.54) is 0 Å². The van der Waals surface area contributed by atoms with E-state index in [0.29, 0.717) is 0 Å². The molecule has 0 saturated heterocycles. The van der Waals surface area contributed by atoms with E-state index in [2.05, 4.69) is 0 Å². The summed E-state index contributed by atoms with van der Waals surface area (Å²) in [5, 5.41) is 18.8. The van der Waals surface area contributed by atoms with Crippen LogP contribution >= 0.6 is 0 Å². The normalized spacial score (nSPS) is 12.0. The van der Waals surface area contributed by atoms with Gasteiger partial charge in [-0.25, -0.2) is 4.74 Å². The highest BCUT2D eigenvalue weighted by molar-refractivity contribution is 5.50. The molecule has 0 aliphatic rings. The van der Waals surface area contributed by atoms with E-state index in [1.54, 1.807) is 6.21 Å². The maximum Gasteiger partial charge on any atom is 0.175 e. The van der Waals surface area contributed by atoms with Crippen LogP contribution in [0.5, 0.6) is 0 Å². The van der Waals surface area contributed by atoms with Crippen molar-refractivity contribution in [2.75, 3.05) is 13.2 Å². The largest absolute Gasteiger partial charge is 0.624 e. The van der Waals surface area contributed by atoms with E-state index in [0.717, 1.165) is 17.6 Å². The number of aliphatic hydroxyl groups excluding tert-OH is 1. The Labute approximate surface area is 55.2 Å². The van der Waals surface area contributed by atoms with Gasteiger partial charge in [-0.1, -0.05) is 6.92 Å². The summed E-state index contributed by atoms with van der Waals surface area (Å²) in [6, 6.07) is 0. The minimum Gasteiger partial charge on any atom is -0.624 e. The van der Waals surface area contributed by atoms with Gasteiger partial charge in [0.25, 0.3) is 0 Å². The summed E-state index contributed by atoms with van der Waals surface area (Å²) in [5.41, 5.74) is 0. The van der Waals surface area contributed by atoms with E-state index in [-0.39, 0.29) is 13.2 Å². The van der Waals surface area contributed by atoms with Crippen LogP contribution in [0.4, 0.5) is 0 Å². The molecule has 1 N–H and O–H groups in total. The molecule has 9 heavy (non-hydrogen) atoms. The van der Waals surface area contributed by atoms with E-state index < -0.39 is 0 Å². The summed E-state index contributed by atoms with van der Waals surface area (Å²) < 4.78 is 0.767. The van der Waals surface area contributed by atoms with Crippen LogP contribution in [-0.2, 0) is 0 Å². The fraction of sp³-hybridized carbons (Fsp3) is 0.833. The average Bonchev–Trinajstić information content (AvgIpc) is 1.85. The van der Waals surface area contributed by atoms with Crippen LogP contribution in [0.15, 0.2) is 0 Å². The van der Waals surface area contributed by atoms with Gasteiger partial charge in [0.15, 0.2) is 12.8 Å². The Morgan fingerprint density at radius 1 is 1.67 bits per heavy atom. The van der Waals surface area contributed by atoms with E-state index in [1.807, 2.05) is 6.92 Å². The summed E-state index contributed by atoms with van der Waals surface area (Å²) in [6.07, 6.45) is 3.32. The lowest BCUT2D eigenvalue weighted by atomic mass is 10.4. The Hall–Kier alpha value is -0.570. The molecule has 3 heteroatoms. The van der Waals surface area contributed by atoms with Crippen molar-refractivity contribution in [2.45, 2.75) is 19.8 Å². The lowest BCUT2D eigenvalue weighted by molar-refractivity contribution is -0.457. The van der Waals surface area contributed by atoms with Crippen molar-refractivity contribution in [3.05, 3.63) is 5.21 Å². The van der Waals surface area contributed by atoms with Crippen molar-refractivity contribution >= 4 is 6.21 Å². The third-order valence-corrected chi connectivity index (χ3v) is 0.942. The lowest BCUT2D eigenvalue weighted by Gasteiger charge is -1.99. The first-order valence-electron chi connectivity index (χ1n) is 3.19. The molecule has 0 radical (unpaired) electrons. The first-order valence-corrected chi connectivity index (χ1v) is 3.19. The summed E-state index contributed by atoms with van der Waals surface area (Å²) in [7, 11) is 0. The second-order valence-corrected chi connectivity index (χ2v) is 1.84. The van der Waals surface area contributed by atoms with E-state index in [9.17, 15) is 5.21 Å². The Morgan fingerprint density at radius 2 is 2.33 bits per heavy atom. The zero-order chi connectivity index (χ0) is 7.11. The Morgan fingerprint density at radius 3 is 2.78 bits per heavy atom. The quantitative estimate of drug-likeness (QED) is 0.259. The molecule has 0 saturated carbocycles. The van der Waals surface area contributed by atoms with Gasteiger partial charge < -0.3 is 10.3 Å².